The lowest BCUT2D eigenvalue weighted by Gasteiger charge is -2.20. The highest BCUT2D eigenvalue weighted by Crippen LogP contribution is 2.65. The van der Waals surface area contributed by atoms with Crippen LogP contribution < -0.4 is 10.7 Å². The molecule has 0 heterocycles. The van der Waals surface area contributed by atoms with Crippen molar-refractivity contribution in [1.82, 2.24) is 10.4 Å². The third-order valence-electron chi connectivity index (χ3n) is 5.11. The number of benzene rings is 2. The zero-order valence-electron chi connectivity index (χ0n) is 17.3. The Morgan fingerprint density at radius 3 is 2.26 bits per heavy atom. The van der Waals surface area contributed by atoms with Gasteiger partial charge in [-0.1, -0.05) is 34.8 Å². The Morgan fingerprint density at radius 2 is 1.68 bits per heavy atom. The number of nitrogens with zero attached hydrogens (tertiary/aromatic N) is 1. The number of hydrazine groups is 1. The van der Waals surface area contributed by atoms with Gasteiger partial charge >= 0.3 is 6.18 Å². The van der Waals surface area contributed by atoms with E-state index in [1.165, 1.54) is 31.3 Å². The van der Waals surface area contributed by atoms with Crippen LogP contribution in [0.25, 0.3) is 0 Å². The smallest absolute Gasteiger partial charge is 0.326 e. The summed E-state index contributed by atoms with van der Waals surface area (Å²) in [6.45, 7) is -0.496. The molecule has 0 saturated heterocycles. The molecule has 0 bridgehead atoms. The number of nitrogens with one attached hydrogen (secondary N) is 2. The Hall–Kier alpha value is -1.42. The minimum atomic E-state index is -4.37. The summed E-state index contributed by atoms with van der Waals surface area (Å²) in [4.78, 5) is 25.5. The summed E-state index contributed by atoms with van der Waals surface area (Å²) in [5.41, 5.74) is 3.15. The number of alkyl halides is 5. The number of hydrogen-bond acceptors (Lipinski definition) is 3. The van der Waals surface area contributed by atoms with Gasteiger partial charge in [-0.15, -0.1) is 23.2 Å². The molecule has 1 saturated carbocycles. The van der Waals surface area contributed by atoms with Crippen LogP contribution in [0.3, 0.4) is 0 Å². The van der Waals surface area contributed by atoms with Crippen molar-refractivity contribution in [1.29, 1.82) is 0 Å². The molecule has 5 nitrogen and oxygen atoms in total. The highest BCUT2D eigenvalue weighted by Gasteiger charge is 2.67. The number of anilines is 1. The van der Waals surface area contributed by atoms with Crippen LogP contribution in [-0.4, -0.2) is 40.9 Å². The topological polar surface area (TPSA) is 61.4 Å². The van der Waals surface area contributed by atoms with Crippen LogP contribution >= 0.6 is 58.0 Å². The summed E-state index contributed by atoms with van der Waals surface area (Å²) < 4.78 is 35.6. The molecule has 0 aliphatic heterocycles. The molecule has 2 N–H and O–H groups in total. The van der Waals surface area contributed by atoms with Gasteiger partial charge in [-0.25, -0.2) is 5.43 Å². The third kappa shape index (κ3) is 6.42. The summed E-state index contributed by atoms with van der Waals surface area (Å²) in [7, 11) is 1.26. The molecular weight excluding hydrogens is 561 g/mol. The number of halogens is 8. The van der Waals surface area contributed by atoms with E-state index in [2.05, 4.69) is 10.7 Å². The minimum Gasteiger partial charge on any atom is -0.326 e. The van der Waals surface area contributed by atoms with E-state index in [9.17, 15) is 22.8 Å². The van der Waals surface area contributed by atoms with Crippen LogP contribution in [-0.2, 0) is 4.79 Å². The number of hydrogen-bond donors (Lipinski definition) is 2. The predicted molar refractivity (Wildman–Crippen MR) is 128 cm³/mol. The van der Waals surface area contributed by atoms with Gasteiger partial charge in [0.15, 0.2) is 0 Å². The van der Waals surface area contributed by atoms with E-state index in [-0.39, 0.29) is 16.3 Å². The van der Waals surface area contributed by atoms with Crippen molar-refractivity contribution in [3.63, 3.8) is 0 Å². The van der Waals surface area contributed by atoms with E-state index in [4.69, 9.17) is 58.0 Å². The lowest BCUT2D eigenvalue weighted by atomic mass is 10.1. The lowest BCUT2D eigenvalue weighted by Crippen LogP contribution is -2.41. The van der Waals surface area contributed by atoms with Crippen molar-refractivity contribution >= 4 is 75.5 Å². The Balaban J connectivity index is 1.71. The molecule has 0 radical (unpaired) electrons. The predicted octanol–water partition coefficient (Wildman–Crippen LogP) is 6.70. The molecule has 0 aromatic heterocycles. The zero-order valence-corrected chi connectivity index (χ0v) is 21.1. The number of carbonyl (C=O) groups is 2. The van der Waals surface area contributed by atoms with Crippen LogP contribution in [0.2, 0.25) is 15.1 Å². The molecule has 2 amide bonds. The van der Waals surface area contributed by atoms with Gasteiger partial charge in [0, 0.05) is 35.2 Å². The van der Waals surface area contributed by atoms with Crippen LogP contribution in [0.5, 0.6) is 0 Å². The molecule has 184 valence electrons. The van der Waals surface area contributed by atoms with Crippen LogP contribution in [0.15, 0.2) is 36.4 Å². The average molecular weight is 578 g/mol. The minimum absolute atomic E-state index is 0.0292. The van der Waals surface area contributed by atoms with Crippen LogP contribution in [0.4, 0.5) is 18.9 Å². The van der Waals surface area contributed by atoms with Gasteiger partial charge in [-0.3, -0.25) is 14.6 Å². The van der Waals surface area contributed by atoms with Crippen LogP contribution in [0.1, 0.15) is 28.3 Å². The van der Waals surface area contributed by atoms with Crippen molar-refractivity contribution in [2.24, 2.45) is 5.92 Å². The van der Waals surface area contributed by atoms with E-state index in [0.717, 1.165) is 5.01 Å². The van der Waals surface area contributed by atoms with Gasteiger partial charge in [0.2, 0.25) is 5.91 Å². The van der Waals surface area contributed by atoms with Crippen LogP contribution in [0, 0.1) is 5.92 Å². The van der Waals surface area contributed by atoms with E-state index in [1.807, 2.05) is 0 Å². The summed E-state index contributed by atoms with van der Waals surface area (Å²) in [6.07, 6.45) is -5.48. The molecule has 2 aromatic carbocycles. The van der Waals surface area contributed by atoms with E-state index >= 15 is 0 Å². The number of rotatable bonds is 7. The number of amides is 2. The summed E-state index contributed by atoms with van der Waals surface area (Å²) >= 11 is 30.9. The lowest BCUT2D eigenvalue weighted by molar-refractivity contribution is -0.134. The Labute approximate surface area is 218 Å². The first-order valence-electron chi connectivity index (χ1n) is 9.73. The van der Waals surface area contributed by atoms with E-state index < -0.39 is 47.1 Å². The molecule has 2 aromatic rings. The fraction of sp³-hybridized carbons (Fsp3) is 0.333. The first-order valence-corrected chi connectivity index (χ1v) is 11.6. The second-order valence-corrected chi connectivity index (χ2v) is 10.4. The molecular formula is C21H17Cl5F3N3O2. The van der Waals surface area contributed by atoms with Crippen molar-refractivity contribution in [3.05, 3.63) is 62.6 Å². The molecule has 2 atom stereocenters. The molecule has 3 rings (SSSR count). The molecule has 13 heteroatoms. The first-order chi connectivity index (χ1) is 15.7. The largest absolute Gasteiger partial charge is 0.390 e. The normalized spacial score (nSPS) is 19.0. The molecule has 34 heavy (non-hydrogen) atoms. The van der Waals surface area contributed by atoms with Crippen molar-refractivity contribution in [2.75, 3.05) is 18.9 Å². The Morgan fingerprint density at radius 1 is 1.06 bits per heavy atom. The van der Waals surface area contributed by atoms with E-state index in [0.29, 0.717) is 15.6 Å². The second kappa shape index (κ2) is 10.3. The third-order valence-corrected chi connectivity index (χ3v) is 6.81. The van der Waals surface area contributed by atoms with Gasteiger partial charge in [0.25, 0.3) is 5.91 Å². The highest BCUT2D eigenvalue weighted by molar-refractivity contribution is 6.53. The molecule has 1 aliphatic carbocycles. The fourth-order valence-corrected chi connectivity index (χ4v) is 5.00. The second-order valence-electron chi connectivity index (χ2n) is 7.65. The Bertz CT molecular complexity index is 1090. The maximum absolute atomic E-state index is 12.9. The van der Waals surface area contributed by atoms with Crippen molar-refractivity contribution in [2.45, 2.75) is 22.8 Å². The number of carbonyl (C=O) groups excluding carboxylic acids is 2. The molecule has 1 fully saturated rings. The van der Waals surface area contributed by atoms with E-state index in [1.54, 1.807) is 12.1 Å². The van der Waals surface area contributed by atoms with Crippen molar-refractivity contribution in [3.8, 4) is 0 Å². The van der Waals surface area contributed by atoms with Gasteiger partial charge in [0.1, 0.15) is 4.33 Å². The standard InChI is InChI=1S/C21H17Cl5F3N3O2/c1-32(30-5-4-20(27,28)29)19(34)14-9-13(2-3-15(14)24)31-18(33)17-16(21(17,25)26)10-6-11(22)8-12(23)7-10/h2-3,6-9,16-17,30H,4-5H2,1H3,(H,31,33)/t16-,17+/m0/s1. The monoisotopic (exact) mass is 575 g/mol. The highest BCUT2D eigenvalue weighted by atomic mass is 35.5. The maximum Gasteiger partial charge on any atom is 0.390 e. The van der Waals surface area contributed by atoms with Gasteiger partial charge in [0.05, 0.1) is 22.9 Å². The van der Waals surface area contributed by atoms with Gasteiger partial charge in [-0.2, -0.15) is 13.2 Å². The maximum atomic E-state index is 12.9. The summed E-state index contributed by atoms with van der Waals surface area (Å²) in [6, 6.07) is 8.92. The van der Waals surface area contributed by atoms with Gasteiger partial charge < -0.3 is 5.32 Å². The average Bonchev–Trinajstić information content (AvgIpc) is 3.29. The summed E-state index contributed by atoms with van der Waals surface area (Å²) in [5, 5.41) is 4.32. The van der Waals surface area contributed by atoms with Gasteiger partial charge in [-0.05, 0) is 42.0 Å². The van der Waals surface area contributed by atoms with Crippen molar-refractivity contribution < 1.29 is 22.8 Å². The molecule has 1 aliphatic rings. The molecule has 0 spiro atoms. The zero-order chi connectivity index (χ0) is 25.4. The fourth-order valence-electron chi connectivity index (χ4n) is 3.43. The quantitative estimate of drug-likeness (QED) is 0.284. The molecule has 0 unspecified atom stereocenters. The first kappa shape index (κ1) is 27.2. The summed E-state index contributed by atoms with van der Waals surface area (Å²) in [5.74, 6) is -2.59. The Kier molecular flexibility index (Phi) is 8.22. The SMILES string of the molecule is CN(NCCC(F)(F)F)C(=O)c1cc(NC(=O)[C@H]2[C@H](c3cc(Cl)cc(Cl)c3)C2(Cl)Cl)ccc1Cl.